The average Bonchev–Trinajstić information content (AvgIpc) is 3.06. The first-order chi connectivity index (χ1) is 10.6. The van der Waals surface area contributed by atoms with Crippen LogP contribution in [0.5, 0.6) is 0 Å². The molecule has 3 aromatic rings. The fourth-order valence-corrected chi connectivity index (χ4v) is 3.74. The van der Waals surface area contributed by atoms with Crippen molar-refractivity contribution < 1.29 is 4.79 Å². The molecule has 0 aliphatic heterocycles. The summed E-state index contributed by atoms with van der Waals surface area (Å²) >= 11 is 7.74. The number of rotatable bonds is 4. The summed E-state index contributed by atoms with van der Waals surface area (Å²) in [6.07, 6.45) is 1.96. The second-order valence-electron chi connectivity index (χ2n) is 5.02. The molecule has 1 amide bonds. The van der Waals surface area contributed by atoms with Crippen LogP contribution in [0.15, 0.2) is 30.5 Å². The Kier molecular flexibility index (Phi) is 4.18. The van der Waals surface area contributed by atoms with Crippen LogP contribution in [0.4, 0.5) is 0 Å². The molecule has 0 bridgehead atoms. The maximum Gasteiger partial charge on any atom is 0.263 e. The van der Waals surface area contributed by atoms with Gasteiger partial charge in [0.25, 0.3) is 5.91 Å². The molecule has 0 spiro atoms. The van der Waals surface area contributed by atoms with Crippen LogP contribution >= 0.6 is 22.9 Å². The molecule has 2 heterocycles. The molecular weight excluding hydrogens is 318 g/mol. The van der Waals surface area contributed by atoms with Crippen LogP contribution in [0.2, 0.25) is 5.02 Å². The molecule has 0 fully saturated rings. The molecule has 0 radical (unpaired) electrons. The second-order valence-corrected chi connectivity index (χ2v) is 6.45. The summed E-state index contributed by atoms with van der Waals surface area (Å²) in [4.78, 5) is 12.9. The number of hydrogen-bond donors (Lipinski definition) is 1. The summed E-state index contributed by atoms with van der Waals surface area (Å²) in [6.45, 7) is 5.25. The molecule has 0 aliphatic rings. The highest BCUT2D eigenvalue weighted by molar-refractivity contribution is 7.21. The zero-order valence-electron chi connectivity index (χ0n) is 12.4. The van der Waals surface area contributed by atoms with Gasteiger partial charge in [0.1, 0.15) is 4.88 Å². The molecule has 6 heteroatoms. The highest BCUT2D eigenvalue weighted by atomic mass is 35.5. The fourth-order valence-electron chi connectivity index (χ4n) is 2.31. The molecule has 0 unspecified atom stereocenters. The second kappa shape index (κ2) is 6.10. The van der Waals surface area contributed by atoms with E-state index < -0.39 is 0 Å². The number of aromatic nitrogens is 2. The van der Waals surface area contributed by atoms with E-state index in [0.717, 1.165) is 27.9 Å². The van der Waals surface area contributed by atoms with Gasteiger partial charge in [-0.15, -0.1) is 11.3 Å². The fraction of sp³-hybridized carbons (Fsp3) is 0.250. The number of nitrogens with zero attached hydrogens (tertiary/aromatic N) is 2. The SMILES string of the molecule is CCn1cc(CNC(=O)c2sc3ccccc3c2Cl)c(C)n1. The lowest BCUT2D eigenvalue weighted by Crippen LogP contribution is -2.22. The van der Waals surface area contributed by atoms with E-state index in [0.29, 0.717) is 16.4 Å². The first kappa shape index (κ1) is 15.1. The van der Waals surface area contributed by atoms with Crippen molar-refractivity contribution in [2.45, 2.75) is 26.9 Å². The third-order valence-electron chi connectivity index (χ3n) is 3.55. The van der Waals surface area contributed by atoms with E-state index in [1.807, 2.05) is 49.0 Å². The Labute approximate surface area is 137 Å². The molecule has 0 atom stereocenters. The highest BCUT2D eigenvalue weighted by Crippen LogP contribution is 2.34. The van der Waals surface area contributed by atoms with Gasteiger partial charge in [-0.05, 0) is 19.9 Å². The molecule has 114 valence electrons. The topological polar surface area (TPSA) is 46.9 Å². The predicted molar refractivity (Wildman–Crippen MR) is 90.6 cm³/mol. The number of thiophene rings is 1. The molecule has 0 aliphatic carbocycles. The van der Waals surface area contributed by atoms with Crippen LogP contribution in [0.1, 0.15) is 27.9 Å². The van der Waals surface area contributed by atoms with Crippen molar-refractivity contribution in [3.8, 4) is 0 Å². The van der Waals surface area contributed by atoms with Crippen LogP contribution in [-0.2, 0) is 13.1 Å². The average molecular weight is 334 g/mol. The minimum Gasteiger partial charge on any atom is -0.347 e. The van der Waals surface area contributed by atoms with Crippen molar-refractivity contribution in [2.24, 2.45) is 0 Å². The van der Waals surface area contributed by atoms with Crippen molar-refractivity contribution in [3.63, 3.8) is 0 Å². The number of nitrogens with one attached hydrogen (secondary N) is 1. The number of hydrogen-bond acceptors (Lipinski definition) is 3. The summed E-state index contributed by atoms with van der Waals surface area (Å²) in [7, 11) is 0. The van der Waals surface area contributed by atoms with Gasteiger partial charge in [-0.3, -0.25) is 9.48 Å². The number of halogens is 1. The Hall–Kier alpha value is -1.85. The zero-order valence-corrected chi connectivity index (χ0v) is 14.0. The van der Waals surface area contributed by atoms with Crippen molar-refractivity contribution in [2.75, 3.05) is 0 Å². The molecule has 1 aromatic carbocycles. The van der Waals surface area contributed by atoms with Gasteiger partial charge in [-0.2, -0.15) is 5.10 Å². The highest BCUT2D eigenvalue weighted by Gasteiger charge is 2.17. The molecule has 22 heavy (non-hydrogen) atoms. The van der Waals surface area contributed by atoms with Crippen LogP contribution in [0.25, 0.3) is 10.1 Å². The first-order valence-corrected chi connectivity index (χ1v) is 8.27. The third-order valence-corrected chi connectivity index (χ3v) is 5.23. The smallest absolute Gasteiger partial charge is 0.263 e. The Balaban J connectivity index is 1.78. The van der Waals surface area contributed by atoms with E-state index in [4.69, 9.17) is 11.6 Å². The quantitative estimate of drug-likeness (QED) is 0.784. The van der Waals surface area contributed by atoms with E-state index in [2.05, 4.69) is 10.4 Å². The summed E-state index contributed by atoms with van der Waals surface area (Å²) in [6, 6.07) is 7.77. The number of amides is 1. The lowest BCUT2D eigenvalue weighted by Gasteiger charge is -2.02. The minimum absolute atomic E-state index is 0.144. The molecule has 0 saturated carbocycles. The maximum absolute atomic E-state index is 12.4. The van der Waals surface area contributed by atoms with Gasteiger partial charge >= 0.3 is 0 Å². The van der Waals surface area contributed by atoms with Crippen molar-refractivity contribution in [1.29, 1.82) is 0 Å². The minimum atomic E-state index is -0.144. The molecule has 0 saturated heterocycles. The Morgan fingerprint density at radius 2 is 2.18 bits per heavy atom. The lowest BCUT2D eigenvalue weighted by atomic mass is 10.2. The summed E-state index contributed by atoms with van der Waals surface area (Å²) in [5.74, 6) is -0.144. The maximum atomic E-state index is 12.4. The van der Waals surface area contributed by atoms with E-state index in [1.165, 1.54) is 11.3 Å². The number of carbonyl (C=O) groups excluding carboxylic acids is 1. The number of fused-ring (bicyclic) bond motifs is 1. The normalized spacial score (nSPS) is 11.0. The van der Waals surface area contributed by atoms with E-state index in [9.17, 15) is 4.79 Å². The van der Waals surface area contributed by atoms with Gasteiger partial charge in [0.2, 0.25) is 0 Å². The van der Waals surface area contributed by atoms with Crippen LogP contribution in [0.3, 0.4) is 0 Å². The van der Waals surface area contributed by atoms with Crippen LogP contribution < -0.4 is 5.32 Å². The standard InChI is InChI=1S/C16H16ClN3OS/c1-3-20-9-11(10(2)19-20)8-18-16(21)15-14(17)12-6-4-5-7-13(12)22-15/h4-7,9H,3,8H2,1-2H3,(H,18,21). The van der Waals surface area contributed by atoms with E-state index in [-0.39, 0.29) is 5.91 Å². The molecule has 1 N–H and O–H groups in total. The van der Waals surface area contributed by atoms with Gasteiger partial charge < -0.3 is 5.32 Å². The Bertz CT molecular complexity index is 837. The molecule has 2 aromatic heterocycles. The molecule has 3 rings (SSSR count). The molecular formula is C16H16ClN3OS. The summed E-state index contributed by atoms with van der Waals surface area (Å²) in [5.41, 5.74) is 1.96. The number of aryl methyl sites for hydroxylation is 2. The number of benzene rings is 1. The van der Waals surface area contributed by atoms with Gasteiger partial charge in [0.05, 0.1) is 10.7 Å². The van der Waals surface area contributed by atoms with Gasteiger partial charge in [-0.1, -0.05) is 29.8 Å². The Morgan fingerprint density at radius 1 is 1.41 bits per heavy atom. The van der Waals surface area contributed by atoms with E-state index >= 15 is 0 Å². The van der Waals surface area contributed by atoms with Gasteiger partial charge in [0.15, 0.2) is 0 Å². The lowest BCUT2D eigenvalue weighted by molar-refractivity contribution is 0.0955. The monoisotopic (exact) mass is 333 g/mol. The first-order valence-electron chi connectivity index (χ1n) is 7.08. The van der Waals surface area contributed by atoms with Crippen molar-refractivity contribution in [1.82, 2.24) is 15.1 Å². The van der Waals surface area contributed by atoms with Gasteiger partial charge in [-0.25, -0.2) is 0 Å². The summed E-state index contributed by atoms with van der Waals surface area (Å²) < 4.78 is 2.89. The van der Waals surface area contributed by atoms with Crippen LogP contribution in [-0.4, -0.2) is 15.7 Å². The van der Waals surface area contributed by atoms with Crippen LogP contribution in [0, 0.1) is 6.92 Å². The predicted octanol–water partition coefficient (Wildman–Crippen LogP) is 4.01. The summed E-state index contributed by atoms with van der Waals surface area (Å²) in [5, 5.41) is 8.76. The molecule has 4 nitrogen and oxygen atoms in total. The zero-order chi connectivity index (χ0) is 15.7. The number of carbonyl (C=O) groups is 1. The Morgan fingerprint density at radius 3 is 2.86 bits per heavy atom. The largest absolute Gasteiger partial charge is 0.347 e. The van der Waals surface area contributed by atoms with E-state index in [1.54, 1.807) is 0 Å². The third kappa shape index (κ3) is 2.74. The van der Waals surface area contributed by atoms with Crippen molar-refractivity contribution >= 4 is 38.9 Å². The van der Waals surface area contributed by atoms with Gasteiger partial charge in [0, 0.05) is 34.9 Å². The van der Waals surface area contributed by atoms with Crippen molar-refractivity contribution in [3.05, 3.63) is 51.6 Å².